The molecule has 1 aromatic rings. The second-order valence-electron chi connectivity index (χ2n) is 3.69. The van der Waals surface area contributed by atoms with Gasteiger partial charge in [-0.2, -0.15) is 0 Å². The van der Waals surface area contributed by atoms with Gasteiger partial charge in [0.2, 0.25) is 0 Å². The highest BCUT2D eigenvalue weighted by atomic mass is 32.2. The van der Waals surface area contributed by atoms with Crippen molar-refractivity contribution in [2.75, 3.05) is 0 Å². The van der Waals surface area contributed by atoms with Crippen LogP contribution in [0.3, 0.4) is 0 Å². The molecule has 0 bridgehead atoms. The second kappa shape index (κ2) is 7.30. The largest absolute Gasteiger partial charge is 0.278 e. The van der Waals surface area contributed by atoms with Crippen molar-refractivity contribution in [3.05, 3.63) is 7.91 Å². The van der Waals surface area contributed by atoms with E-state index in [1.165, 1.54) is 49.9 Å². The Kier molecular flexibility index (Phi) is 6.36. The van der Waals surface area contributed by atoms with E-state index in [0.29, 0.717) is 0 Å². The van der Waals surface area contributed by atoms with Crippen LogP contribution in [0.2, 0.25) is 0 Å². The third-order valence-electron chi connectivity index (χ3n) is 2.36. The van der Waals surface area contributed by atoms with Gasteiger partial charge in [-0.1, -0.05) is 50.4 Å². The number of aromatic amines is 1. The van der Waals surface area contributed by atoms with E-state index in [-0.39, 0.29) is 0 Å². The fourth-order valence-electron chi connectivity index (χ4n) is 1.51. The van der Waals surface area contributed by atoms with Gasteiger partial charge >= 0.3 is 0 Å². The van der Waals surface area contributed by atoms with Crippen molar-refractivity contribution < 1.29 is 0 Å². The highest BCUT2D eigenvalue weighted by Gasteiger charge is 1.95. The SMILES string of the molecule is CCCCCCCCn1[nH]c(=S)sc1=S. The molecule has 0 saturated heterocycles. The van der Waals surface area contributed by atoms with Gasteiger partial charge in [0.05, 0.1) is 0 Å². The molecule has 0 spiro atoms. The summed E-state index contributed by atoms with van der Waals surface area (Å²) in [5.74, 6) is 0. The number of rotatable bonds is 7. The molecule has 0 saturated carbocycles. The molecule has 0 fully saturated rings. The van der Waals surface area contributed by atoms with Gasteiger partial charge in [0, 0.05) is 6.54 Å². The van der Waals surface area contributed by atoms with E-state index < -0.39 is 0 Å². The Morgan fingerprint density at radius 2 is 1.80 bits per heavy atom. The average molecular weight is 262 g/mol. The Bertz CT molecular complexity index is 375. The van der Waals surface area contributed by atoms with Crippen LogP contribution in [0.25, 0.3) is 0 Å². The van der Waals surface area contributed by atoms with Crippen molar-refractivity contribution in [1.29, 1.82) is 0 Å². The Morgan fingerprint density at radius 3 is 2.40 bits per heavy atom. The van der Waals surface area contributed by atoms with E-state index in [4.69, 9.17) is 24.4 Å². The predicted molar refractivity (Wildman–Crippen MR) is 71.7 cm³/mol. The summed E-state index contributed by atoms with van der Waals surface area (Å²) in [5.41, 5.74) is 0. The molecule has 0 radical (unpaired) electrons. The Morgan fingerprint density at radius 1 is 1.13 bits per heavy atom. The van der Waals surface area contributed by atoms with E-state index in [9.17, 15) is 0 Å². The van der Waals surface area contributed by atoms with Crippen molar-refractivity contribution >= 4 is 35.8 Å². The molecule has 5 heteroatoms. The average Bonchev–Trinajstić information content (AvgIpc) is 2.51. The molecule has 0 aliphatic rings. The van der Waals surface area contributed by atoms with E-state index >= 15 is 0 Å². The zero-order valence-electron chi connectivity index (χ0n) is 9.12. The van der Waals surface area contributed by atoms with Crippen LogP contribution in [-0.2, 0) is 6.54 Å². The Labute approximate surface area is 105 Å². The monoisotopic (exact) mass is 262 g/mol. The smallest absolute Gasteiger partial charge is 0.178 e. The topological polar surface area (TPSA) is 20.7 Å². The minimum atomic E-state index is 0.783. The molecular weight excluding hydrogens is 244 g/mol. The molecular formula is C10H18N2S3. The molecule has 0 aliphatic heterocycles. The van der Waals surface area contributed by atoms with E-state index in [0.717, 1.165) is 14.5 Å². The Balaban J connectivity index is 2.18. The molecule has 0 atom stereocenters. The van der Waals surface area contributed by atoms with Crippen LogP contribution < -0.4 is 0 Å². The first-order chi connectivity index (χ1) is 7.24. The molecule has 86 valence electrons. The number of aryl methyl sites for hydroxylation is 1. The van der Waals surface area contributed by atoms with Crippen LogP contribution in [0.5, 0.6) is 0 Å². The number of hydrogen-bond acceptors (Lipinski definition) is 3. The zero-order chi connectivity index (χ0) is 11.1. The Hall–Kier alpha value is -0.0000000000000000555. The third-order valence-corrected chi connectivity index (χ3v) is 3.85. The highest BCUT2D eigenvalue weighted by molar-refractivity contribution is 7.75. The summed E-state index contributed by atoms with van der Waals surface area (Å²) in [5, 5.41) is 3.09. The van der Waals surface area contributed by atoms with Crippen LogP contribution in [-0.4, -0.2) is 9.78 Å². The molecule has 0 unspecified atom stereocenters. The first kappa shape index (κ1) is 13.1. The summed E-state index contributed by atoms with van der Waals surface area (Å²) in [7, 11) is 0. The standard InChI is InChI=1S/C10H18N2S3/c1-2-3-4-5-6-7-8-12-10(14)15-9(13)11-12/h2-8H2,1H3,(H,11,13). The van der Waals surface area contributed by atoms with Gasteiger partial charge in [0.1, 0.15) is 0 Å². The molecule has 15 heavy (non-hydrogen) atoms. The lowest BCUT2D eigenvalue weighted by Gasteiger charge is -2.01. The molecule has 1 heterocycles. The van der Waals surface area contributed by atoms with Crippen molar-refractivity contribution in [2.24, 2.45) is 0 Å². The summed E-state index contributed by atoms with van der Waals surface area (Å²) in [6.07, 6.45) is 7.86. The minimum absolute atomic E-state index is 0.783. The van der Waals surface area contributed by atoms with Gasteiger partial charge in [-0.15, -0.1) is 0 Å². The number of H-pyrrole nitrogens is 1. The van der Waals surface area contributed by atoms with E-state index in [2.05, 4.69) is 12.0 Å². The van der Waals surface area contributed by atoms with Crippen LogP contribution in [0.1, 0.15) is 45.4 Å². The number of nitrogens with one attached hydrogen (secondary N) is 1. The normalized spacial score (nSPS) is 10.7. The van der Waals surface area contributed by atoms with Gasteiger partial charge in [0.15, 0.2) is 7.91 Å². The molecule has 0 amide bonds. The van der Waals surface area contributed by atoms with Gasteiger partial charge in [-0.3, -0.25) is 9.78 Å². The number of unbranched alkanes of at least 4 members (excludes halogenated alkanes) is 5. The molecule has 1 N–H and O–H groups in total. The molecule has 1 rings (SSSR count). The van der Waals surface area contributed by atoms with Crippen LogP contribution in [0, 0.1) is 7.91 Å². The van der Waals surface area contributed by atoms with Gasteiger partial charge < -0.3 is 0 Å². The van der Waals surface area contributed by atoms with Crippen molar-refractivity contribution in [1.82, 2.24) is 9.78 Å². The molecule has 1 aromatic heterocycles. The van der Waals surface area contributed by atoms with E-state index in [1.54, 1.807) is 0 Å². The fraction of sp³-hybridized carbons (Fsp3) is 0.800. The summed E-state index contributed by atoms with van der Waals surface area (Å²) in [6.45, 7) is 3.23. The quantitative estimate of drug-likeness (QED) is 0.568. The van der Waals surface area contributed by atoms with Gasteiger partial charge in [-0.25, -0.2) is 0 Å². The maximum Gasteiger partial charge on any atom is 0.178 e. The minimum Gasteiger partial charge on any atom is -0.278 e. The summed E-state index contributed by atoms with van der Waals surface area (Å²) >= 11 is 11.7. The molecule has 0 aliphatic carbocycles. The summed E-state index contributed by atoms with van der Waals surface area (Å²) in [6, 6.07) is 0. The fourth-order valence-corrected chi connectivity index (χ4v) is 2.96. The van der Waals surface area contributed by atoms with Crippen LogP contribution >= 0.6 is 35.8 Å². The first-order valence-corrected chi connectivity index (χ1v) is 7.17. The predicted octanol–water partition coefficient (Wildman–Crippen LogP) is 4.70. The lowest BCUT2D eigenvalue weighted by atomic mass is 10.1. The number of hydrogen-bond donors (Lipinski definition) is 1. The van der Waals surface area contributed by atoms with Gasteiger partial charge in [-0.05, 0) is 30.9 Å². The lowest BCUT2D eigenvalue weighted by molar-refractivity contribution is 0.524. The maximum atomic E-state index is 5.18. The van der Waals surface area contributed by atoms with Crippen LogP contribution in [0.4, 0.5) is 0 Å². The van der Waals surface area contributed by atoms with E-state index in [1.807, 2.05) is 4.68 Å². The lowest BCUT2D eigenvalue weighted by Crippen LogP contribution is -1.99. The van der Waals surface area contributed by atoms with Gasteiger partial charge in [0.25, 0.3) is 0 Å². The molecule has 0 aromatic carbocycles. The number of nitrogens with zero attached hydrogens (tertiary/aromatic N) is 1. The number of aromatic nitrogens is 2. The van der Waals surface area contributed by atoms with Crippen LogP contribution in [0.15, 0.2) is 0 Å². The maximum absolute atomic E-state index is 5.18. The third kappa shape index (κ3) is 5.04. The highest BCUT2D eigenvalue weighted by Crippen LogP contribution is 2.08. The van der Waals surface area contributed by atoms with Crippen molar-refractivity contribution in [3.63, 3.8) is 0 Å². The second-order valence-corrected chi connectivity index (χ2v) is 6.00. The van der Waals surface area contributed by atoms with Crippen molar-refractivity contribution in [3.8, 4) is 0 Å². The zero-order valence-corrected chi connectivity index (χ0v) is 11.6. The summed E-state index contributed by atoms with van der Waals surface area (Å²) in [4.78, 5) is 0. The molecule has 2 nitrogen and oxygen atoms in total. The summed E-state index contributed by atoms with van der Waals surface area (Å²) < 4.78 is 3.64. The van der Waals surface area contributed by atoms with Crippen molar-refractivity contribution in [2.45, 2.75) is 52.0 Å². The first-order valence-electron chi connectivity index (χ1n) is 5.54.